The van der Waals surface area contributed by atoms with Crippen LogP contribution < -0.4 is 0 Å². The maximum atomic E-state index is 10.7. The molecule has 21 heavy (non-hydrogen) atoms. The van der Waals surface area contributed by atoms with Crippen molar-refractivity contribution in [2.75, 3.05) is 5.75 Å². The zero-order chi connectivity index (χ0) is 15.2. The lowest BCUT2D eigenvalue weighted by Crippen LogP contribution is -2.02. The molecule has 0 aliphatic carbocycles. The topological polar surface area (TPSA) is 79.3 Å². The van der Waals surface area contributed by atoms with Gasteiger partial charge in [0.15, 0.2) is 0 Å². The Morgan fingerprint density at radius 1 is 1.48 bits per heavy atom. The number of pyridine rings is 1. The minimum Gasteiger partial charge on any atom is -0.772 e. The predicted molar refractivity (Wildman–Crippen MR) is 81.2 cm³/mol. The average molecular weight is 322 g/mol. The van der Waals surface area contributed by atoms with E-state index >= 15 is 0 Å². The van der Waals surface area contributed by atoms with Gasteiger partial charge in [0.1, 0.15) is 5.76 Å². The number of nitrogens with zero attached hydrogens (tertiary/aromatic N) is 1. The molecule has 110 valence electrons. The van der Waals surface area contributed by atoms with Crippen LogP contribution in [0, 0.1) is 6.92 Å². The molecule has 2 heterocycles. The van der Waals surface area contributed by atoms with Crippen molar-refractivity contribution in [1.82, 2.24) is 4.98 Å². The van der Waals surface area contributed by atoms with E-state index in [2.05, 4.69) is 9.72 Å². The second kappa shape index (κ2) is 7.26. The average Bonchev–Trinajstić information content (AvgIpc) is 2.87. The first kappa shape index (κ1) is 15.6. The van der Waals surface area contributed by atoms with E-state index in [1.807, 2.05) is 31.2 Å². The fourth-order valence-corrected chi connectivity index (χ4v) is 3.08. The Morgan fingerprint density at radius 3 is 2.95 bits per heavy atom. The number of carbonyl (C=O) groups excluding carboxylic acids is 1. The molecule has 5 nitrogen and oxygen atoms in total. The van der Waals surface area contributed by atoms with E-state index in [0.29, 0.717) is 0 Å². The summed E-state index contributed by atoms with van der Waals surface area (Å²) in [5.74, 6) is -0.238. The van der Waals surface area contributed by atoms with E-state index in [0.717, 1.165) is 21.0 Å². The molecule has 7 heteroatoms. The summed E-state index contributed by atoms with van der Waals surface area (Å²) in [5, 5.41) is 0. The molecular formula is C14H12NO4S2-. The van der Waals surface area contributed by atoms with Gasteiger partial charge in [0.25, 0.3) is 6.47 Å². The molecule has 0 aromatic carbocycles. The Balaban J connectivity index is 2.25. The van der Waals surface area contributed by atoms with Crippen molar-refractivity contribution in [2.24, 2.45) is 0 Å². The lowest BCUT2D eigenvalue weighted by Gasteiger charge is -2.06. The van der Waals surface area contributed by atoms with Gasteiger partial charge in [0.05, 0.1) is 5.75 Å². The Morgan fingerprint density at radius 2 is 2.29 bits per heavy atom. The number of thiophene rings is 1. The summed E-state index contributed by atoms with van der Waals surface area (Å²) < 4.78 is 26.1. The molecule has 2 aromatic rings. The number of hydrogen-bond donors (Lipinski definition) is 0. The maximum absolute atomic E-state index is 10.7. The van der Waals surface area contributed by atoms with Crippen molar-refractivity contribution in [2.45, 2.75) is 6.92 Å². The Kier molecular flexibility index (Phi) is 5.38. The summed E-state index contributed by atoms with van der Waals surface area (Å²) in [5.41, 5.74) is 1.96. The Hall–Kier alpha value is -1.83. The highest BCUT2D eigenvalue weighted by Gasteiger charge is 2.05. The molecule has 0 spiro atoms. The Bertz CT molecular complexity index is 694. The van der Waals surface area contributed by atoms with Gasteiger partial charge in [-0.3, -0.25) is 14.0 Å². The van der Waals surface area contributed by atoms with Gasteiger partial charge < -0.3 is 9.29 Å². The van der Waals surface area contributed by atoms with Crippen molar-refractivity contribution in [3.63, 3.8) is 0 Å². The maximum Gasteiger partial charge on any atom is 0.298 e. The number of aromatic nitrogens is 1. The van der Waals surface area contributed by atoms with E-state index in [4.69, 9.17) is 0 Å². The largest absolute Gasteiger partial charge is 0.772 e. The lowest BCUT2D eigenvalue weighted by molar-refractivity contribution is -0.124. The van der Waals surface area contributed by atoms with Crippen molar-refractivity contribution in [3.8, 4) is 10.4 Å². The molecular weight excluding hydrogens is 310 g/mol. The van der Waals surface area contributed by atoms with Gasteiger partial charge in [-0.1, -0.05) is 0 Å². The molecule has 0 N–H and O–H groups in total. The van der Waals surface area contributed by atoms with Crippen LogP contribution in [-0.4, -0.2) is 26.0 Å². The van der Waals surface area contributed by atoms with Crippen LogP contribution in [0.25, 0.3) is 16.5 Å². The summed E-state index contributed by atoms with van der Waals surface area (Å²) in [6.45, 7) is 2.14. The van der Waals surface area contributed by atoms with Crippen molar-refractivity contribution in [3.05, 3.63) is 46.8 Å². The third-order valence-corrected chi connectivity index (χ3v) is 4.17. The van der Waals surface area contributed by atoms with E-state index in [1.54, 1.807) is 12.3 Å². The SMILES string of the molecule is Cc1cc(-c2ccc(/C=C(/CS(=O)[O-])OC=O)s2)ccn1. The van der Waals surface area contributed by atoms with Gasteiger partial charge in [-0.25, -0.2) is 0 Å². The molecule has 2 rings (SSSR count). The van der Waals surface area contributed by atoms with Gasteiger partial charge >= 0.3 is 0 Å². The van der Waals surface area contributed by atoms with E-state index in [1.165, 1.54) is 11.3 Å². The van der Waals surface area contributed by atoms with E-state index in [9.17, 15) is 13.6 Å². The van der Waals surface area contributed by atoms with Crippen LogP contribution in [-0.2, 0) is 20.6 Å². The normalized spacial score (nSPS) is 13.0. The molecule has 1 atom stereocenters. The second-order valence-electron chi connectivity index (χ2n) is 4.16. The number of rotatable bonds is 6. The highest BCUT2D eigenvalue weighted by atomic mass is 32.2. The van der Waals surface area contributed by atoms with Crippen LogP contribution >= 0.6 is 11.3 Å². The lowest BCUT2D eigenvalue weighted by atomic mass is 10.2. The number of hydrogen-bond acceptors (Lipinski definition) is 6. The first-order valence-corrected chi connectivity index (χ1v) is 8.04. The molecule has 2 aromatic heterocycles. The summed E-state index contributed by atoms with van der Waals surface area (Å²) in [6, 6.07) is 7.65. The molecule has 0 saturated heterocycles. The van der Waals surface area contributed by atoms with Crippen LogP contribution in [0.4, 0.5) is 0 Å². The minimum atomic E-state index is -2.31. The van der Waals surface area contributed by atoms with Crippen LogP contribution in [0.2, 0.25) is 0 Å². The summed E-state index contributed by atoms with van der Waals surface area (Å²) in [4.78, 5) is 16.4. The second-order valence-corrected chi connectivity index (χ2v) is 6.17. The number of aryl methyl sites for hydroxylation is 1. The molecule has 0 fully saturated rings. The fraction of sp³-hybridized carbons (Fsp3) is 0.143. The first-order chi connectivity index (χ1) is 10.1. The number of carbonyl (C=O) groups is 1. The van der Waals surface area contributed by atoms with Crippen LogP contribution in [0.15, 0.2) is 36.2 Å². The fourth-order valence-electron chi connectivity index (χ4n) is 1.73. The van der Waals surface area contributed by atoms with Crippen molar-refractivity contribution < 1.29 is 18.3 Å². The van der Waals surface area contributed by atoms with Gasteiger partial charge in [-0.15, -0.1) is 11.3 Å². The van der Waals surface area contributed by atoms with Crippen molar-refractivity contribution in [1.29, 1.82) is 0 Å². The molecule has 1 unspecified atom stereocenters. The first-order valence-electron chi connectivity index (χ1n) is 5.98. The molecule has 0 radical (unpaired) electrons. The third-order valence-electron chi connectivity index (χ3n) is 2.57. The van der Waals surface area contributed by atoms with Gasteiger partial charge in [-0.2, -0.15) is 0 Å². The standard InChI is InChI=1S/C14H13NO4S2/c1-10-6-11(4-5-15-10)14-3-2-13(20-14)7-12(19-9-16)8-21(17)18/h2-7,9H,8H2,1H3,(H,17,18)/p-1/b12-7-. The zero-order valence-corrected chi connectivity index (χ0v) is 12.8. The molecule has 0 amide bonds. The van der Waals surface area contributed by atoms with E-state index < -0.39 is 11.1 Å². The smallest absolute Gasteiger partial charge is 0.298 e. The summed E-state index contributed by atoms with van der Waals surface area (Å²) in [7, 11) is 0. The van der Waals surface area contributed by atoms with Crippen LogP contribution in [0.3, 0.4) is 0 Å². The highest BCUT2D eigenvalue weighted by molar-refractivity contribution is 7.79. The predicted octanol–water partition coefficient (Wildman–Crippen LogP) is 2.51. The Labute approximate surface area is 128 Å². The number of ether oxygens (including phenoxy) is 1. The molecule has 0 aliphatic heterocycles. The quantitative estimate of drug-likeness (QED) is 0.464. The van der Waals surface area contributed by atoms with E-state index in [-0.39, 0.29) is 18.0 Å². The molecule has 0 bridgehead atoms. The van der Waals surface area contributed by atoms with Gasteiger partial charge in [0.2, 0.25) is 0 Å². The van der Waals surface area contributed by atoms with Gasteiger partial charge in [-0.05, 0) is 53.9 Å². The minimum absolute atomic E-state index is 0.0950. The summed E-state index contributed by atoms with van der Waals surface area (Å²) >= 11 is -0.834. The van der Waals surface area contributed by atoms with Crippen LogP contribution in [0.5, 0.6) is 0 Å². The molecule has 0 saturated carbocycles. The zero-order valence-electron chi connectivity index (χ0n) is 11.1. The third kappa shape index (κ3) is 4.59. The van der Waals surface area contributed by atoms with Crippen molar-refractivity contribution >= 4 is 35.0 Å². The monoisotopic (exact) mass is 322 g/mol. The summed E-state index contributed by atoms with van der Waals surface area (Å²) in [6.07, 6.45) is 3.29. The highest BCUT2D eigenvalue weighted by Crippen LogP contribution is 2.29. The van der Waals surface area contributed by atoms with Crippen LogP contribution in [0.1, 0.15) is 10.6 Å². The van der Waals surface area contributed by atoms with Gasteiger partial charge in [0, 0.05) is 21.6 Å². The molecule has 0 aliphatic rings.